The lowest BCUT2D eigenvalue weighted by molar-refractivity contribution is -0.177. The van der Waals surface area contributed by atoms with Gasteiger partial charge in [-0.3, -0.25) is 4.79 Å². The molecule has 0 heterocycles. The Morgan fingerprint density at radius 2 is 1.89 bits per heavy atom. The van der Waals surface area contributed by atoms with Crippen molar-refractivity contribution in [3.63, 3.8) is 0 Å². The number of carbonyl (C=O) groups excluding carboxylic acids is 1. The monoisotopic (exact) mass is 283 g/mol. The number of esters is 1. The number of alkyl halides is 3. The molecule has 0 rings (SSSR count). The second kappa shape index (κ2) is 8.40. The number of nitrogens with two attached hydrogens (primary N) is 1. The smallest absolute Gasteiger partial charge is 0.404 e. The molecule has 1 unspecified atom stereocenters. The van der Waals surface area contributed by atoms with Crippen molar-refractivity contribution in [1.82, 2.24) is 0 Å². The maximum Gasteiger partial charge on any atom is 0.404 e. The molecule has 3 atom stereocenters. The van der Waals surface area contributed by atoms with Gasteiger partial charge < -0.3 is 10.5 Å². The number of rotatable bonds is 8. The molecule has 0 aromatic rings. The summed E-state index contributed by atoms with van der Waals surface area (Å²) < 4.78 is 42.9. The van der Waals surface area contributed by atoms with Crippen LogP contribution in [0.15, 0.2) is 0 Å². The molecule has 0 spiro atoms. The van der Waals surface area contributed by atoms with Crippen LogP contribution in [0.5, 0.6) is 0 Å². The van der Waals surface area contributed by atoms with Gasteiger partial charge in [0.15, 0.2) is 0 Å². The summed E-state index contributed by atoms with van der Waals surface area (Å²) in [6.45, 7) is 5.72. The van der Waals surface area contributed by atoms with Crippen LogP contribution in [0.2, 0.25) is 0 Å². The number of unbranched alkanes of at least 4 members (excludes halogenated alkanes) is 1. The average Bonchev–Trinajstić information content (AvgIpc) is 2.33. The summed E-state index contributed by atoms with van der Waals surface area (Å²) in [5.41, 5.74) is 5.18. The Morgan fingerprint density at radius 1 is 1.32 bits per heavy atom. The zero-order valence-electron chi connectivity index (χ0n) is 11.8. The molecular formula is C13H24F3NO2. The lowest BCUT2D eigenvalue weighted by atomic mass is 9.88. The largest absolute Gasteiger partial charge is 0.465 e. The molecule has 0 aromatic carbocycles. The second-order valence-electron chi connectivity index (χ2n) is 4.94. The SMILES string of the molecule is CCCCOC(=O)[C@@H](CC(C)CC)[C@H](N)C(F)(F)F. The van der Waals surface area contributed by atoms with Gasteiger partial charge in [-0.15, -0.1) is 0 Å². The van der Waals surface area contributed by atoms with Crippen LogP contribution in [0.25, 0.3) is 0 Å². The number of ether oxygens (including phenoxy) is 1. The summed E-state index contributed by atoms with van der Waals surface area (Å²) in [5, 5.41) is 0. The Kier molecular flexibility index (Phi) is 8.06. The molecule has 0 saturated heterocycles. The molecule has 6 heteroatoms. The molecule has 0 radical (unpaired) electrons. The van der Waals surface area contributed by atoms with E-state index in [0.717, 1.165) is 6.42 Å². The van der Waals surface area contributed by atoms with E-state index in [0.29, 0.717) is 12.8 Å². The van der Waals surface area contributed by atoms with E-state index in [1.54, 1.807) is 6.92 Å². The van der Waals surface area contributed by atoms with Gasteiger partial charge in [0.25, 0.3) is 0 Å². The first-order valence-corrected chi connectivity index (χ1v) is 6.72. The normalized spacial score (nSPS) is 16.8. The molecule has 0 aliphatic heterocycles. The Hall–Kier alpha value is -0.780. The third kappa shape index (κ3) is 6.80. The number of carbonyl (C=O) groups is 1. The van der Waals surface area contributed by atoms with Crippen LogP contribution in [0.1, 0.15) is 46.5 Å². The van der Waals surface area contributed by atoms with E-state index < -0.39 is 24.1 Å². The van der Waals surface area contributed by atoms with Gasteiger partial charge >= 0.3 is 12.1 Å². The van der Waals surface area contributed by atoms with Crippen molar-refractivity contribution in [2.75, 3.05) is 6.61 Å². The standard InChI is InChI=1S/C13H24F3NO2/c1-4-6-7-19-12(18)10(8-9(3)5-2)11(17)13(14,15)16/h9-11H,4-8,17H2,1-3H3/t9?,10-,11-/m0/s1. The fraction of sp³-hybridized carbons (Fsp3) is 0.923. The van der Waals surface area contributed by atoms with Crippen molar-refractivity contribution >= 4 is 5.97 Å². The molecule has 114 valence electrons. The maximum absolute atomic E-state index is 12.7. The molecule has 0 bridgehead atoms. The van der Waals surface area contributed by atoms with E-state index in [1.807, 2.05) is 13.8 Å². The van der Waals surface area contributed by atoms with Gasteiger partial charge in [-0.05, 0) is 18.8 Å². The second-order valence-corrected chi connectivity index (χ2v) is 4.94. The van der Waals surface area contributed by atoms with Crippen LogP contribution < -0.4 is 5.73 Å². The molecule has 2 N–H and O–H groups in total. The van der Waals surface area contributed by atoms with E-state index >= 15 is 0 Å². The van der Waals surface area contributed by atoms with Crippen LogP contribution in [0.4, 0.5) is 13.2 Å². The van der Waals surface area contributed by atoms with E-state index in [9.17, 15) is 18.0 Å². The van der Waals surface area contributed by atoms with E-state index in [-0.39, 0.29) is 18.9 Å². The predicted octanol–water partition coefficient (Wildman–Crippen LogP) is 3.27. The highest BCUT2D eigenvalue weighted by atomic mass is 19.4. The third-order valence-corrected chi connectivity index (χ3v) is 3.21. The molecule has 0 aliphatic carbocycles. The first kappa shape index (κ1) is 18.2. The molecular weight excluding hydrogens is 259 g/mol. The summed E-state index contributed by atoms with van der Waals surface area (Å²) in [4.78, 5) is 11.8. The molecule has 0 aliphatic rings. The van der Waals surface area contributed by atoms with Crippen LogP contribution >= 0.6 is 0 Å². The minimum atomic E-state index is -4.58. The number of hydrogen-bond acceptors (Lipinski definition) is 3. The highest BCUT2D eigenvalue weighted by Gasteiger charge is 2.45. The number of halogens is 3. The summed E-state index contributed by atoms with van der Waals surface area (Å²) >= 11 is 0. The van der Waals surface area contributed by atoms with Crippen molar-refractivity contribution in [2.24, 2.45) is 17.6 Å². The number of hydrogen-bond donors (Lipinski definition) is 1. The lowest BCUT2D eigenvalue weighted by Crippen LogP contribution is -2.48. The van der Waals surface area contributed by atoms with Crippen molar-refractivity contribution in [1.29, 1.82) is 0 Å². The summed E-state index contributed by atoms with van der Waals surface area (Å²) in [6.07, 6.45) is -2.33. The Morgan fingerprint density at radius 3 is 2.32 bits per heavy atom. The van der Waals surface area contributed by atoms with Crippen molar-refractivity contribution in [2.45, 2.75) is 58.7 Å². The van der Waals surface area contributed by atoms with Gasteiger partial charge in [0, 0.05) is 0 Å². The van der Waals surface area contributed by atoms with Gasteiger partial charge in [-0.1, -0.05) is 33.6 Å². The zero-order valence-corrected chi connectivity index (χ0v) is 11.8. The van der Waals surface area contributed by atoms with Gasteiger partial charge in [-0.25, -0.2) is 0 Å². The minimum absolute atomic E-state index is 0.00266. The fourth-order valence-corrected chi connectivity index (χ4v) is 1.64. The molecule has 0 saturated carbocycles. The van der Waals surface area contributed by atoms with Crippen LogP contribution in [0.3, 0.4) is 0 Å². The van der Waals surface area contributed by atoms with E-state index in [1.165, 1.54) is 0 Å². The molecule has 3 nitrogen and oxygen atoms in total. The fourth-order valence-electron chi connectivity index (χ4n) is 1.64. The maximum atomic E-state index is 12.7. The molecule has 19 heavy (non-hydrogen) atoms. The first-order valence-electron chi connectivity index (χ1n) is 6.72. The Labute approximate surface area is 112 Å². The van der Waals surface area contributed by atoms with Crippen LogP contribution in [0, 0.1) is 11.8 Å². The topological polar surface area (TPSA) is 52.3 Å². The third-order valence-electron chi connectivity index (χ3n) is 3.21. The van der Waals surface area contributed by atoms with E-state index in [2.05, 4.69) is 0 Å². The van der Waals surface area contributed by atoms with Crippen LogP contribution in [-0.4, -0.2) is 24.8 Å². The Balaban J connectivity index is 4.70. The summed E-state index contributed by atoms with van der Waals surface area (Å²) in [6, 6.07) is -2.16. The van der Waals surface area contributed by atoms with E-state index in [4.69, 9.17) is 10.5 Å². The van der Waals surface area contributed by atoms with Crippen molar-refractivity contribution in [3.05, 3.63) is 0 Å². The van der Waals surface area contributed by atoms with Crippen molar-refractivity contribution in [3.8, 4) is 0 Å². The molecule has 0 fully saturated rings. The minimum Gasteiger partial charge on any atom is -0.465 e. The molecule has 0 aromatic heterocycles. The highest BCUT2D eigenvalue weighted by molar-refractivity contribution is 5.73. The molecule has 0 amide bonds. The predicted molar refractivity (Wildman–Crippen MR) is 67.5 cm³/mol. The van der Waals surface area contributed by atoms with Gasteiger partial charge in [0.1, 0.15) is 6.04 Å². The summed E-state index contributed by atoms with van der Waals surface area (Å²) in [7, 11) is 0. The quantitative estimate of drug-likeness (QED) is 0.549. The Bertz CT molecular complexity index is 269. The average molecular weight is 283 g/mol. The zero-order chi connectivity index (χ0) is 15.1. The van der Waals surface area contributed by atoms with Gasteiger partial charge in [0.05, 0.1) is 12.5 Å². The first-order chi connectivity index (χ1) is 8.73. The summed E-state index contributed by atoms with van der Waals surface area (Å²) in [5.74, 6) is -2.15. The van der Waals surface area contributed by atoms with Gasteiger partial charge in [0.2, 0.25) is 0 Å². The lowest BCUT2D eigenvalue weighted by Gasteiger charge is -2.26. The van der Waals surface area contributed by atoms with Crippen LogP contribution in [-0.2, 0) is 9.53 Å². The van der Waals surface area contributed by atoms with Crippen molar-refractivity contribution < 1.29 is 22.7 Å². The van der Waals surface area contributed by atoms with Gasteiger partial charge in [-0.2, -0.15) is 13.2 Å². The highest BCUT2D eigenvalue weighted by Crippen LogP contribution is 2.29.